The van der Waals surface area contributed by atoms with E-state index in [2.05, 4.69) is 21.2 Å². The molecule has 2 aromatic carbocycles. The Morgan fingerprint density at radius 1 is 1.08 bits per heavy atom. The number of esters is 1. The fourth-order valence-corrected chi connectivity index (χ4v) is 2.35. The van der Waals surface area contributed by atoms with Crippen LogP contribution < -0.4 is 19.5 Å². The first kappa shape index (κ1) is 19.8. The summed E-state index contributed by atoms with van der Waals surface area (Å²) in [6.45, 7) is 3.59. The minimum Gasteiger partial charge on any atom is -0.493 e. The summed E-state index contributed by atoms with van der Waals surface area (Å²) in [7, 11) is 1.46. The highest BCUT2D eigenvalue weighted by Gasteiger charge is 2.14. The lowest BCUT2D eigenvalue weighted by Crippen LogP contribution is -2.34. The van der Waals surface area contributed by atoms with Gasteiger partial charge in [-0.15, -0.1) is 0 Å². The summed E-state index contributed by atoms with van der Waals surface area (Å²) in [5.41, 5.74) is 0.309. The topological polar surface area (TPSA) is 73.9 Å². The molecule has 6 nitrogen and oxygen atoms in total. The van der Waals surface area contributed by atoms with Gasteiger partial charge in [-0.2, -0.15) is 0 Å². The van der Waals surface area contributed by atoms with Gasteiger partial charge in [-0.25, -0.2) is 4.79 Å². The quantitative estimate of drug-likeness (QED) is 0.546. The first-order valence-corrected chi connectivity index (χ1v) is 8.76. The minimum absolute atomic E-state index is 0.0313. The first-order valence-electron chi connectivity index (χ1n) is 7.97. The summed E-state index contributed by atoms with van der Waals surface area (Å²) in [5, 5.41) is 2.73. The largest absolute Gasteiger partial charge is 0.493 e. The van der Waals surface area contributed by atoms with E-state index in [9.17, 15) is 9.59 Å². The van der Waals surface area contributed by atoms with Crippen LogP contribution in [0.5, 0.6) is 17.2 Å². The van der Waals surface area contributed by atoms with E-state index < -0.39 is 5.97 Å². The normalized spacial score (nSPS) is 10.3. The molecule has 0 aliphatic rings. The fraction of sp³-hybridized carbons (Fsp3) is 0.263. The van der Waals surface area contributed by atoms with Crippen molar-refractivity contribution < 1.29 is 23.8 Å². The number of hydrogen-bond acceptors (Lipinski definition) is 5. The maximum Gasteiger partial charge on any atom is 0.343 e. The Balaban J connectivity index is 2.05. The van der Waals surface area contributed by atoms with E-state index in [1.807, 2.05) is 13.8 Å². The second kappa shape index (κ2) is 9.24. The molecule has 0 aromatic heterocycles. The zero-order valence-electron chi connectivity index (χ0n) is 14.7. The lowest BCUT2D eigenvalue weighted by atomic mass is 10.2. The maximum absolute atomic E-state index is 12.3. The van der Waals surface area contributed by atoms with E-state index in [0.29, 0.717) is 22.8 Å². The zero-order chi connectivity index (χ0) is 19.1. The zero-order valence-corrected chi connectivity index (χ0v) is 16.3. The van der Waals surface area contributed by atoms with Crippen LogP contribution in [0.2, 0.25) is 0 Å². The van der Waals surface area contributed by atoms with E-state index >= 15 is 0 Å². The van der Waals surface area contributed by atoms with Crippen LogP contribution in [0.1, 0.15) is 24.2 Å². The van der Waals surface area contributed by atoms with Gasteiger partial charge in [0.25, 0.3) is 5.91 Å². The molecule has 0 spiro atoms. The monoisotopic (exact) mass is 421 g/mol. The van der Waals surface area contributed by atoms with Gasteiger partial charge >= 0.3 is 5.97 Å². The highest BCUT2D eigenvalue weighted by Crippen LogP contribution is 2.28. The summed E-state index contributed by atoms with van der Waals surface area (Å²) >= 11 is 3.32. The first-order chi connectivity index (χ1) is 12.4. The number of carbonyl (C=O) groups is 2. The molecule has 7 heteroatoms. The van der Waals surface area contributed by atoms with Gasteiger partial charge in [-0.1, -0.05) is 15.9 Å². The standard InChI is InChI=1S/C19H20BrNO5/c1-12(2)21-18(22)11-25-16-9-4-13(10-17(16)24-3)19(23)26-15-7-5-14(20)6-8-15/h4-10,12H,11H2,1-3H3,(H,21,22). The van der Waals surface area contributed by atoms with Gasteiger partial charge in [0, 0.05) is 10.5 Å². The van der Waals surface area contributed by atoms with Crippen molar-refractivity contribution in [1.82, 2.24) is 5.32 Å². The molecule has 0 saturated heterocycles. The number of benzene rings is 2. The van der Waals surface area contributed by atoms with Crippen molar-refractivity contribution in [3.63, 3.8) is 0 Å². The second-order valence-corrected chi connectivity index (χ2v) is 6.64. The number of ether oxygens (including phenoxy) is 3. The number of carbonyl (C=O) groups excluding carboxylic acids is 2. The molecule has 0 heterocycles. The molecule has 0 aliphatic carbocycles. The average molecular weight is 422 g/mol. The SMILES string of the molecule is COc1cc(C(=O)Oc2ccc(Br)cc2)ccc1OCC(=O)NC(C)C. The van der Waals surface area contributed by atoms with Crippen molar-refractivity contribution in [2.45, 2.75) is 19.9 Å². The molecule has 0 atom stereocenters. The van der Waals surface area contributed by atoms with Crippen molar-refractivity contribution in [1.29, 1.82) is 0 Å². The van der Waals surface area contributed by atoms with Crippen LogP contribution in [0, 0.1) is 0 Å². The number of halogens is 1. The molecule has 1 amide bonds. The molecular weight excluding hydrogens is 402 g/mol. The smallest absolute Gasteiger partial charge is 0.343 e. The molecule has 2 aromatic rings. The molecule has 0 fully saturated rings. The van der Waals surface area contributed by atoms with Crippen molar-refractivity contribution in [3.8, 4) is 17.2 Å². The van der Waals surface area contributed by atoms with Crippen LogP contribution in [0.3, 0.4) is 0 Å². The van der Waals surface area contributed by atoms with Crippen LogP contribution >= 0.6 is 15.9 Å². The molecular formula is C19H20BrNO5. The molecule has 26 heavy (non-hydrogen) atoms. The molecule has 0 bridgehead atoms. The van der Waals surface area contributed by atoms with Crippen molar-refractivity contribution >= 4 is 27.8 Å². The number of hydrogen-bond donors (Lipinski definition) is 1. The number of amides is 1. The lowest BCUT2D eigenvalue weighted by Gasteiger charge is -2.13. The van der Waals surface area contributed by atoms with E-state index in [4.69, 9.17) is 14.2 Å². The Morgan fingerprint density at radius 3 is 2.38 bits per heavy atom. The van der Waals surface area contributed by atoms with Crippen LogP contribution in [0.4, 0.5) is 0 Å². The number of nitrogens with one attached hydrogen (secondary N) is 1. The van der Waals surface area contributed by atoms with E-state index in [0.717, 1.165) is 4.47 Å². The van der Waals surface area contributed by atoms with Gasteiger partial charge in [0.2, 0.25) is 0 Å². The third-order valence-electron chi connectivity index (χ3n) is 3.23. The third-order valence-corrected chi connectivity index (χ3v) is 3.76. The fourth-order valence-electron chi connectivity index (χ4n) is 2.09. The van der Waals surface area contributed by atoms with Crippen LogP contribution in [0.15, 0.2) is 46.9 Å². The Labute approximate surface area is 160 Å². The van der Waals surface area contributed by atoms with Crippen LogP contribution in [0.25, 0.3) is 0 Å². The maximum atomic E-state index is 12.3. The van der Waals surface area contributed by atoms with Gasteiger partial charge in [0.05, 0.1) is 12.7 Å². The Kier molecular flexibility index (Phi) is 7.03. The Bertz CT molecular complexity index is 774. The molecule has 1 N–H and O–H groups in total. The summed E-state index contributed by atoms with van der Waals surface area (Å²) in [4.78, 5) is 23.9. The summed E-state index contributed by atoms with van der Waals surface area (Å²) in [5.74, 6) is 0.387. The molecule has 138 valence electrons. The molecule has 0 radical (unpaired) electrons. The Hall–Kier alpha value is -2.54. The van der Waals surface area contributed by atoms with Crippen molar-refractivity contribution in [2.75, 3.05) is 13.7 Å². The highest BCUT2D eigenvalue weighted by molar-refractivity contribution is 9.10. The minimum atomic E-state index is -0.519. The number of rotatable bonds is 7. The van der Waals surface area contributed by atoms with Gasteiger partial charge in [-0.05, 0) is 56.3 Å². The summed E-state index contributed by atoms with van der Waals surface area (Å²) in [6.07, 6.45) is 0. The van der Waals surface area contributed by atoms with Gasteiger partial charge < -0.3 is 19.5 Å². The predicted molar refractivity (Wildman–Crippen MR) is 101 cm³/mol. The average Bonchev–Trinajstić information content (AvgIpc) is 2.61. The third kappa shape index (κ3) is 5.77. The van der Waals surface area contributed by atoms with Gasteiger partial charge in [0.15, 0.2) is 18.1 Å². The lowest BCUT2D eigenvalue weighted by molar-refractivity contribution is -0.123. The van der Waals surface area contributed by atoms with E-state index in [1.165, 1.54) is 13.2 Å². The Morgan fingerprint density at radius 2 is 1.77 bits per heavy atom. The molecule has 0 aliphatic heterocycles. The van der Waals surface area contributed by atoms with Gasteiger partial charge in [0.1, 0.15) is 5.75 Å². The number of methoxy groups -OCH3 is 1. The second-order valence-electron chi connectivity index (χ2n) is 5.72. The van der Waals surface area contributed by atoms with E-state index in [1.54, 1.807) is 36.4 Å². The molecule has 0 saturated carbocycles. The van der Waals surface area contributed by atoms with Gasteiger partial charge in [-0.3, -0.25) is 4.79 Å². The van der Waals surface area contributed by atoms with Crippen LogP contribution in [-0.4, -0.2) is 31.6 Å². The van der Waals surface area contributed by atoms with Crippen molar-refractivity contribution in [3.05, 3.63) is 52.5 Å². The predicted octanol–water partition coefficient (Wildman–Crippen LogP) is 3.58. The highest BCUT2D eigenvalue weighted by atomic mass is 79.9. The molecule has 2 rings (SSSR count). The molecule has 0 unspecified atom stereocenters. The summed E-state index contributed by atoms with van der Waals surface area (Å²) in [6, 6.07) is 11.6. The van der Waals surface area contributed by atoms with E-state index in [-0.39, 0.29) is 18.6 Å². The van der Waals surface area contributed by atoms with Crippen LogP contribution in [-0.2, 0) is 4.79 Å². The summed E-state index contributed by atoms with van der Waals surface area (Å²) < 4.78 is 16.9. The van der Waals surface area contributed by atoms with Crippen molar-refractivity contribution in [2.24, 2.45) is 0 Å².